The molecule has 0 aliphatic rings. The molecular formula is C15H9BrF6N2O2. The van der Waals surface area contributed by atoms with Crippen molar-refractivity contribution in [3.63, 3.8) is 0 Å². The molecule has 3 N–H and O–H groups in total. The Balaban J connectivity index is 2.45. The summed E-state index contributed by atoms with van der Waals surface area (Å²) >= 11 is 2.73. The fraction of sp³-hybridized carbons (Fsp3) is 0.133. The standard InChI is InChI=1S/C15H9BrF6N2O2/c16-11-6-9(26-15(20,21)22)5-10(14(17,18)19)12(11)24-13(25)7-2-1-3-8(23)4-7/h1-6H,23H2,(H,24,25). The SMILES string of the molecule is Nc1cccc(C(=O)Nc2c(Br)cc(OC(F)(F)F)cc2C(F)(F)F)c1. The van der Waals surface area contributed by atoms with Crippen molar-refractivity contribution in [3.8, 4) is 5.75 Å². The van der Waals surface area contributed by atoms with Gasteiger partial charge in [0.15, 0.2) is 0 Å². The number of ether oxygens (including phenoxy) is 1. The number of carbonyl (C=O) groups is 1. The Kier molecular flexibility index (Phi) is 5.40. The van der Waals surface area contributed by atoms with Crippen LogP contribution in [0.2, 0.25) is 0 Å². The molecule has 1 amide bonds. The van der Waals surface area contributed by atoms with Crippen LogP contribution < -0.4 is 15.8 Å². The van der Waals surface area contributed by atoms with Gasteiger partial charge in [0.1, 0.15) is 5.75 Å². The molecule has 0 aromatic heterocycles. The number of nitrogens with one attached hydrogen (secondary N) is 1. The summed E-state index contributed by atoms with van der Waals surface area (Å²) in [5.41, 5.74) is 3.43. The van der Waals surface area contributed by atoms with Crippen molar-refractivity contribution < 1.29 is 35.9 Å². The van der Waals surface area contributed by atoms with Crippen LogP contribution in [0.5, 0.6) is 5.75 Å². The Hall–Kier alpha value is -2.43. The van der Waals surface area contributed by atoms with Crippen LogP contribution in [-0.4, -0.2) is 12.3 Å². The van der Waals surface area contributed by atoms with Crippen molar-refractivity contribution in [2.75, 3.05) is 11.1 Å². The van der Waals surface area contributed by atoms with Gasteiger partial charge in [-0.15, -0.1) is 13.2 Å². The fourth-order valence-corrected chi connectivity index (χ4v) is 2.53. The lowest BCUT2D eigenvalue weighted by Crippen LogP contribution is -2.20. The first-order valence-electron chi connectivity index (χ1n) is 6.70. The molecule has 0 heterocycles. The quantitative estimate of drug-likeness (QED) is 0.507. The third-order valence-electron chi connectivity index (χ3n) is 2.99. The van der Waals surface area contributed by atoms with Crippen LogP contribution in [0.1, 0.15) is 15.9 Å². The number of benzene rings is 2. The van der Waals surface area contributed by atoms with Gasteiger partial charge in [0.2, 0.25) is 0 Å². The third kappa shape index (κ3) is 5.04. The average molecular weight is 443 g/mol. The Morgan fingerprint density at radius 3 is 2.27 bits per heavy atom. The Morgan fingerprint density at radius 2 is 1.73 bits per heavy atom. The van der Waals surface area contributed by atoms with E-state index in [1.165, 1.54) is 24.3 Å². The highest BCUT2D eigenvalue weighted by Gasteiger charge is 2.38. The minimum Gasteiger partial charge on any atom is -0.406 e. The summed E-state index contributed by atoms with van der Waals surface area (Å²) in [4.78, 5) is 12.1. The van der Waals surface area contributed by atoms with Gasteiger partial charge in [0.25, 0.3) is 5.91 Å². The van der Waals surface area contributed by atoms with Crippen molar-refractivity contribution in [2.45, 2.75) is 12.5 Å². The van der Waals surface area contributed by atoms with E-state index in [9.17, 15) is 31.1 Å². The Bertz CT molecular complexity index is 836. The second-order valence-electron chi connectivity index (χ2n) is 4.95. The van der Waals surface area contributed by atoms with Gasteiger partial charge in [-0.2, -0.15) is 13.2 Å². The first-order valence-corrected chi connectivity index (χ1v) is 7.49. The molecule has 2 aromatic rings. The molecule has 11 heteroatoms. The number of carbonyl (C=O) groups excluding carboxylic acids is 1. The summed E-state index contributed by atoms with van der Waals surface area (Å²) in [5.74, 6) is -2.01. The first kappa shape index (κ1) is 19.9. The van der Waals surface area contributed by atoms with Crippen molar-refractivity contribution >= 4 is 33.2 Å². The molecule has 0 saturated heterocycles. The minimum absolute atomic E-state index is 0.0272. The molecule has 0 fully saturated rings. The lowest BCUT2D eigenvalue weighted by atomic mass is 10.1. The molecule has 0 atom stereocenters. The molecule has 4 nitrogen and oxygen atoms in total. The molecule has 0 spiro atoms. The maximum absolute atomic E-state index is 13.2. The largest absolute Gasteiger partial charge is 0.573 e. The predicted octanol–water partition coefficient (Wildman–Crippen LogP) is 5.20. The molecule has 0 aliphatic heterocycles. The average Bonchev–Trinajstić information content (AvgIpc) is 2.46. The predicted molar refractivity (Wildman–Crippen MR) is 84.6 cm³/mol. The van der Waals surface area contributed by atoms with Gasteiger partial charge in [-0.3, -0.25) is 4.79 Å². The highest BCUT2D eigenvalue weighted by Crippen LogP contribution is 2.42. The van der Waals surface area contributed by atoms with E-state index >= 15 is 0 Å². The lowest BCUT2D eigenvalue weighted by Gasteiger charge is -2.18. The molecule has 0 aliphatic carbocycles. The van der Waals surface area contributed by atoms with E-state index in [-0.39, 0.29) is 17.3 Å². The number of alkyl halides is 6. The fourth-order valence-electron chi connectivity index (χ4n) is 1.99. The van der Waals surface area contributed by atoms with E-state index < -0.39 is 39.9 Å². The van der Waals surface area contributed by atoms with Gasteiger partial charge in [0, 0.05) is 15.7 Å². The number of nitrogens with two attached hydrogens (primary N) is 1. The van der Waals surface area contributed by atoms with E-state index in [4.69, 9.17) is 5.73 Å². The van der Waals surface area contributed by atoms with Gasteiger partial charge in [-0.25, -0.2) is 0 Å². The number of halogens is 7. The van der Waals surface area contributed by atoms with Gasteiger partial charge in [-0.1, -0.05) is 6.07 Å². The number of hydrogen-bond acceptors (Lipinski definition) is 3. The van der Waals surface area contributed by atoms with Crippen LogP contribution in [0.4, 0.5) is 37.7 Å². The summed E-state index contributed by atoms with van der Waals surface area (Å²) in [5, 5.41) is 2.02. The van der Waals surface area contributed by atoms with Crippen LogP contribution in [0, 0.1) is 0 Å². The zero-order valence-corrected chi connectivity index (χ0v) is 14.1. The number of anilines is 2. The second kappa shape index (κ2) is 7.06. The monoisotopic (exact) mass is 442 g/mol. The molecule has 2 aromatic carbocycles. The number of rotatable bonds is 3. The second-order valence-corrected chi connectivity index (χ2v) is 5.81. The van der Waals surface area contributed by atoms with Crippen molar-refractivity contribution in [2.24, 2.45) is 0 Å². The molecule has 2 rings (SSSR count). The van der Waals surface area contributed by atoms with E-state index in [2.05, 4.69) is 20.7 Å². The van der Waals surface area contributed by atoms with Crippen LogP contribution in [-0.2, 0) is 6.18 Å². The Labute approximate surface area is 151 Å². The van der Waals surface area contributed by atoms with Gasteiger partial charge < -0.3 is 15.8 Å². The topological polar surface area (TPSA) is 64.4 Å². The van der Waals surface area contributed by atoms with Crippen molar-refractivity contribution in [1.82, 2.24) is 0 Å². The molecular weight excluding hydrogens is 434 g/mol. The summed E-state index contributed by atoms with van der Waals surface area (Å²) in [7, 11) is 0. The smallest absolute Gasteiger partial charge is 0.406 e. The highest BCUT2D eigenvalue weighted by molar-refractivity contribution is 9.10. The Morgan fingerprint density at radius 1 is 1.08 bits per heavy atom. The number of nitrogen functional groups attached to an aromatic ring is 1. The van der Waals surface area contributed by atoms with Crippen LogP contribution in [0.3, 0.4) is 0 Å². The molecule has 0 saturated carbocycles. The van der Waals surface area contributed by atoms with E-state index in [0.717, 1.165) is 0 Å². The lowest BCUT2D eigenvalue weighted by molar-refractivity contribution is -0.274. The van der Waals surface area contributed by atoms with Gasteiger partial charge in [-0.05, 0) is 46.3 Å². The zero-order chi connectivity index (χ0) is 19.7. The van der Waals surface area contributed by atoms with E-state index in [0.29, 0.717) is 6.07 Å². The molecule has 140 valence electrons. The maximum Gasteiger partial charge on any atom is 0.573 e. The summed E-state index contributed by atoms with van der Waals surface area (Å²) in [6.07, 6.45) is -10.2. The maximum atomic E-state index is 13.2. The zero-order valence-electron chi connectivity index (χ0n) is 12.5. The van der Waals surface area contributed by atoms with Crippen molar-refractivity contribution in [3.05, 3.63) is 52.0 Å². The highest BCUT2D eigenvalue weighted by atomic mass is 79.9. The van der Waals surface area contributed by atoms with E-state index in [1.807, 2.05) is 5.32 Å². The molecule has 0 bridgehead atoms. The van der Waals surface area contributed by atoms with E-state index in [1.54, 1.807) is 0 Å². The summed E-state index contributed by atoms with van der Waals surface area (Å²) in [6, 6.07) is 6.25. The molecule has 26 heavy (non-hydrogen) atoms. The minimum atomic E-state index is -5.17. The van der Waals surface area contributed by atoms with Crippen LogP contribution >= 0.6 is 15.9 Å². The van der Waals surface area contributed by atoms with Gasteiger partial charge in [0.05, 0.1) is 11.3 Å². The number of amides is 1. The van der Waals surface area contributed by atoms with Crippen LogP contribution in [0.15, 0.2) is 40.9 Å². The first-order chi connectivity index (χ1) is 11.9. The molecule has 0 unspecified atom stereocenters. The van der Waals surface area contributed by atoms with Gasteiger partial charge >= 0.3 is 12.5 Å². The summed E-state index contributed by atoms with van der Waals surface area (Å²) < 4.78 is 79.6. The van der Waals surface area contributed by atoms with Crippen molar-refractivity contribution in [1.29, 1.82) is 0 Å². The summed E-state index contributed by atoms with van der Waals surface area (Å²) in [6.45, 7) is 0. The normalized spacial score (nSPS) is 12.0. The third-order valence-corrected chi connectivity index (χ3v) is 3.62. The number of hydrogen-bond donors (Lipinski definition) is 2. The van der Waals surface area contributed by atoms with Crippen LogP contribution in [0.25, 0.3) is 0 Å². The molecule has 0 radical (unpaired) electrons.